The highest BCUT2D eigenvalue weighted by atomic mass is 16.2. The number of carbonyl (C=O) groups is 1. The van der Waals surface area contributed by atoms with E-state index in [1.54, 1.807) is 0 Å². The Morgan fingerprint density at radius 2 is 1.78 bits per heavy atom. The number of nitrogens with one attached hydrogen (secondary N) is 1. The maximum absolute atomic E-state index is 12.3. The lowest BCUT2D eigenvalue weighted by Crippen LogP contribution is -2.45. The molecule has 0 heterocycles. The molecule has 0 spiro atoms. The molecule has 1 amide bonds. The lowest BCUT2D eigenvalue weighted by atomic mass is 10.2. The Balaban J connectivity index is 1.80. The summed E-state index contributed by atoms with van der Waals surface area (Å²) in [4.78, 5) is 14.3. The van der Waals surface area contributed by atoms with Crippen molar-refractivity contribution in [3.05, 3.63) is 12.7 Å². The molecule has 0 aromatic heterocycles. The van der Waals surface area contributed by atoms with E-state index in [1.807, 2.05) is 11.0 Å². The molecule has 3 nitrogen and oxygen atoms in total. The Labute approximate surface area is 111 Å². The monoisotopic (exact) mass is 250 g/mol. The molecular weight excluding hydrogens is 224 g/mol. The van der Waals surface area contributed by atoms with E-state index in [1.165, 1.54) is 51.4 Å². The average Bonchev–Trinajstić information content (AvgIpc) is 3.05. The van der Waals surface area contributed by atoms with Crippen LogP contribution in [0.4, 0.5) is 0 Å². The van der Waals surface area contributed by atoms with Crippen LogP contribution >= 0.6 is 0 Å². The van der Waals surface area contributed by atoms with Gasteiger partial charge in [-0.05, 0) is 25.7 Å². The summed E-state index contributed by atoms with van der Waals surface area (Å²) in [6.45, 7) is 4.99. The lowest BCUT2D eigenvalue weighted by molar-refractivity contribution is -0.132. The van der Waals surface area contributed by atoms with Gasteiger partial charge in [-0.1, -0.05) is 31.8 Å². The van der Waals surface area contributed by atoms with E-state index >= 15 is 0 Å². The highest BCUT2D eigenvalue weighted by Gasteiger charge is 2.26. The molecular formula is C15H26N2O. The molecule has 1 N–H and O–H groups in total. The molecule has 0 atom stereocenters. The summed E-state index contributed by atoms with van der Waals surface area (Å²) in [6.07, 6.45) is 11.8. The van der Waals surface area contributed by atoms with Crippen molar-refractivity contribution in [2.45, 2.75) is 63.5 Å². The molecule has 0 aromatic rings. The van der Waals surface area contributed by atoms with Crippen LogP contribution in [0.1, 0.15) is 51.4 Å². The van der Waals surface area contributed by atoms with Gasteiger partial charge >= 0.3 is 0 Å². The second-order valence-corrected chi connectivity index (χ2v) is 5.64. The second-order valence-electron chi connectivity index (χ2n) is 5.64. The minimum absolute atomic E-state index is 0.258. The molecule has 2 aliphatic carbocycles. The second kappa shape index (κ2) is 6.93. The van der Waals surface area contributed by atoms with E-state index in [0.717, 1.165) is 0 Å². The minimum Gasteiger partial charge on any atom is -0.335 e. The summed E-state index contributed by atoms with van der Waals surface area (Å²) in [6, 6.07) is 1.03. The Bertz CT molecular complexity index is 278. The van der Waals surface area contributed by atoms with Crippen LogP contribution in [0, 0.1) is 0 Å². The van der Waals surface area contributed by atoms with Crippen LogP contribution in [0.2, 0.25) is 0 Å². The van der Waals surface area contributed by atoms with Crippen molar-refractivity contribution in [2.75, 3.05) is 13.1 Å². The minimum atomic E-state index is 0.258. The maximum Gasteiger partial charge on any atom is 0.237 e. The molecule has 102 valence electrons. The summed E-state index contributed by atoms with van der Waals surface area (Å²) in [5, 5.41) is 3.42. The average molecular weight is 250 g/mol. The summed E-state index contributed by atoms with van der Waals surface area (Å²) in [5.41, 5.74) is 0. The van der Waals surface area contributed by atoms with Gasteiger partial charge in [0.2, 0.25) is 5.91 Å². The van der Waals surface area contributed by atoms with Crippen LogP contribution in [0.5, 0.6) is 0 Å². The molecule has 0 bridgehead atoms. The van der Waals surface area contributed by atoms with Crippen molar-refractivity contribution in [3.8, 4) is 0 Å². The van der Waals surface area contributed by atoms with Gasteiger partial charge in [-0.25, -0.2) is 0 Å². The molecule has 18 heavy (non-hydrogen) atoms. The standard InChI is InChI=1S/C15H26N2O/c1-2-11-17(14-9-5-6-10-14)15(18)12-16-13-7-3-4-8-13/h2,13-14,16H,1,3-12H2. The molecule has 2 saturated carbocycles. The highest BCUT2D eigenvalue weighted by molar-refractivity contribution is 5.78. The molecule has 2 fully saturated rings. The SMILES string of the molecule is C=CCN(C(=O)CNC1CCCC1)C1CCCC1. The van der Waals surface area contributed by atoms with Gasteiger partial charge in [-0.2, -0.15) is 0 Å². The van der Waals surface area contributed by atoms with Crippen molar-refractivity contribution in [3.63, 3.8) is 0 Å². The Kier molecular flexibility index (Phi) is 5.24. The number of amides is 1. The summed E-state index contributed by atoms with van der Waals surface area (Å²) in [5.74, 6) is 0.258. The van der Waals surface area contributed by atoms with Crippen LogP contribution in [0.3, 0.4) is 0 Å². The van der Waals surface area contributed by atoms with Crippen LogP contribution in [-0.4, -0.2) is 36.0 Å². The third-order valence-corrected chi connectivity index (χ3v) is 4.31. The first-order valence-electron chi connectivity index (χ1n) is 7.45. The number of rotatable bonds is 6. The van der Waals surface area contributed by atoms with E-state index in [-0.39, 0.29) is 5.91 Å². The molecule has 0 aromatic carbocycles. The van der Waals surface area contributed by atoms with Gasteiger partial charge < -0.3 is 10.2 Å². The number of carbonyl (C=O) groups excluding carboxylic acids is 1. The van der Waals surface area contributed by atoms with Crippen molar-refractivity contribution >= 4 is 5.91 Å². The van der Waals surface area contributed by atoms with Gasteiger partial charge in [0.05, 0.1) is 6.54 Å². The van der Waals surface area contributed by atoms with Gasteiger partial charge in [0.15, 0.2) is 0 Å². The predicted molar refractivity (Wildman–Crippen MR) is 74.4 cm³/mol. The number of hydrogen-bond donors (Lipinski definition) is 1. The van der Waals surface area contributed by atoms with Crippen molar-refractivity contribution < 1.29 is 4.79 Å². The molecule has 0 saturated heterocycles. The first-order valence-corrected chi connectivity index (χ1v) is 7.45. The molecule has 2 rings (SSSR count). The Morgan fingerprint density at radius 1 is 1.17 bits per heavy atom. The largest absolute Gasteiger partial charge is 0.335 e. The Morgan fingerprint density at radius 3 is 2.39 bits per heavy atom. The number of hydrogen-bond acceptors (Lipinski definition) is 2. The molecule has 3 heteroatoms. The fraction of sp³-hybridized carbons (Fsp3) is 0.800. The van der Waals surface area contributed by atoms with Crippen LogP contribution in [0.15, 0.2) is 12.7 Å². The van der Waals surface area contributed by atoms with Crippen molar-refractivity contribution in [1.82, 2.24) is 10.2 Å². The van der Waals surface area contributed by atoms with Crippen molar-refractivity contribution in [2.24, 2.45) is 0 Å². The van der Waals surface area contributed by atoms with E-state index in [9.17, 15) is 4.79 Å². The van der Waals surface area contributed by atoms with Gasteiger partial charge in [0, 0.05) is 18.6 Å². The van der Waals surface area contributed by atoms with E-state index in [2.05, 4.69) is 11.9 Å². The third kappa shape index (κ3) is 3.58. The highest BCUT2D eigenvalue weighted by Crippen LogP contribution is 2.23. The van der Waals surface area contributed by atoms with Crippen molar-refractivity contribution in [1.29, 1.82) is 0 Å². The first kappa shape index (κ1) is 13.6. The van der Waals surface area contributed by atoms with Crippen LogP contribution in [-0.2, 0) is 4.79 Å². The van der Waals surface area contributed by atoms with E-state index in [4.69, 9.17) is 0 Å². The van der Waals surface area contributed by atoms with Gasteiger partial charge in [0.1, 0.15) is 0 Å². The Hall–Kier alpha value is -0.830. The van der Waals surface area contributed by atoms with Gasteiger partial charge in [-0.3, -0.25) is 4.79 Å². The fourth-order valence-electron chi connectivity index (χ4n) is 3.27. The zero-order valence-corrected chi connectivity index (χ0v) is 11.4. The lowest BCUT2D eigenvalue weighted by Gasteiger charge is -2.28. The quantitative estimate of drug-likeness (QED) is 0.735. The molecule has 2 aliphatic rings. The fourth-order valence-corrected chi connectivity index (χ4v) is 3.27. The zero-order chi connectivity index (χ0) is 12.8. The summed E-state index contributed by atoms with van der Waals surface area (Å²) in [7, 11) is 0. The first-order chi connectivity index (χ1) is 8.81. The normalized spacial score (nSPS) is 21.3. The zero-order valence-electron chi connectivity index (χ0n) is 11.4. The molecule has 0 radical (unpaired) electrons. The predicted octanol–water partition coefficient (Wildman–Crippen LogP) is 2.48. The van der Waals surface area contributed by atoms with Gasteiger partial charge in [-0.15, -0.1) is 6.58 Å². The topological polar surface area (TPSA) is 32.3 Å². The van der Waals surface area contributed by atoms with E-state index < -0.39 is 0 Å². The van der Waals surface area contributed by atoms with Crippen LogP contribution in [0.25, 0.3) is 0 Å². The van der Waals surface area contributed by atoms with Gasteiger partial charge in [0.25, 0.3) is 0 Å². The molecule has 0 aliphatic heterocycles. The van der Waals surface area contributed by atoms with Crippen LogP contribution < -0.4 is 5.32 Å². The summed E-state index contributed by atoms with van der Waals surface area (Å²) >= 11 is 0. The molecule has 0 unspecified atom stereocenters. The third-order valence-electron chi connectivity index (χ3n) is 4.31. The smallest absolute Gasteiger partial charge is 0.237 e. The van der Waals surface area contributed by atoms with E-state index in [0.29, 0.717) is 25.2 Å². The maximum atomic E-state index is 12.3. The summed E-state index contributed by atoms with van der Waals surface area (Å²) < 4.78 is 0. The number of nitrogens with zero attached hydrogens (tertiary/aromatic N) is 1.